The summed E-state index contributed by atoms with van der Waals surface area (Å²) in [6.45, 7) is 5.05. The van der Waals surface area contributed by atoms with Crippen molar-refractivity contribution in [3.63, 3.8) is 0 Å². The van der Waals surface area contributed by atoms with Crippen LogP contribution < -0.4 is 0 Å². The molecule has 5 heteroatoms. The number of aliphatic hydroxyl groups excluding tert-OH is 1. The number of halogens is 1. The number of hydrogen-bond donors (Lipinski definition) is 1. The van der Waals surface area contributed by atoms with E-state index >= 15 is 0 Å². The maximum absolute atomic E-state index is 10.2. The first-order chi connectivity index (χ1) is 9.06. The third-order valence-electron chi connectivity index (χ3n) is 2.84. The molecule has 0 aliphatic carbocycles. The molecular formula is C14H18ClN3O. The van der Waals surface area contributed by atoms with Crippen molar-refractivity contribution in [2.45, 2.75) is 32.9 Å². The Morgan fingerprint density at radius 2 is 2.16 bits per heavy atom. The van der Waals surface area contributed by atoms with Gasteiger partial charge in [-0.15, -0.1) is 0 Å². The van der Waals surface area contributed by atoms with Crippen LogP contribution in [0.25, 0.3) is 0 Å². The second kappa shape index (κ2) is 6.17. The second-order valence-electron chi connectivity index (χ2n) is 5.03. The number of nitrogens with zero attached hydrogens (tertiary/aromatic N) is 3. The van der Waals surface area contributed by atoms with Crippen molar-refractivity contribution >= 4 is 11.6 Å². The number of aromatic nitrogens is 3. The predicted molar refractivity (Wildman–Crippen MR) is 75.0 cm³/mol. The lowest BCUT2D eigenvalue weighted by Gasteiger charge is -2.13. The van der Waals surface area contributed by atoms with E-state index in [0.29, 0.717) is 17.4 Å². The molecule has 0 spiro atoms. The highest BCUT2D eigenvalue weighted by Gasteiger charge is 2.14. The summed E-state index contributed by atoms with van der Waals surface area (Å²) in [4.78, 5) is 4.22. The first-order valence-electron chi connectivity index (χ1n) is 6.36. The van der Waals surface area contributed by atoms with E-state index in [9.17, 15) is 5.11 Å². The van der Waals surface area contributed by atoms with Crippen LogP contribution in [0.1, 0.15) is 31.3 Å². The fourth-order valence-electron chi connectivity index (χ4n) is 1.95. The molecular weight excluding hydrogens is 262 g/mol. The average molecular weight is 280 g/mol. The van der Waals surface area contributed by atoms with Crippen LogP contribution in [0.5, 0.6) is 0 Å². The van der Waals surface area contributed by atoms with E-state index in [4.69, 9.17) is 11.6 Å². The Bertz CT molecular complexity index is 539. The Morgan fingerprint density at radius 1 is 1.37 bits per heavy atom. The fourth-order valence-corrected chi connectivity index (χ4v) is 2.15. The Hall–Kier alpha value is -1.39. The van der Waals surface area contributed by atoms with Gasteiger partial charge in [0.05, 0.1) is 6.10 Å². The van der Waals surface area contributed by atoms with Crippen LogP contribution in [0.15, 0.2) is 30.6 Å². The van der Waals surface area contributed by atoms with Crippen LogP contribution in [-0.4, -0.2) is 19.9 Å². The highest BCUT2D eigenvalue weighted by atomic mass is 35.5. The third-order valence-corrected chi connectivity index (χ3v) is 3.08. The van der Waals surface area contributed by atoms with E-state index in [1.807, 2.05) is 16.8 Å². The van der Waals surface area contributed by atoms with Crippen molar-refractivity contribution in [1.82, 2.24) is 14.8 Å². The summed E-state index contributed by atoms with van der Waals surface area (Å²) in [5.41, 5.74) is 0.798. The molecule has 1 atom stereocenters. The first kappa shape index (κ1) is 14.0. The van der Waals surface area contributed by atoms with Crippen LogP contribution in [-0.2, 0) is 13.0 Å². The Morgan fingerprint density at radius 3 is 2.84 bits per heavy atom. The van der Waals surface area contributed by atoms with Crippen LogP contribution in [0.4, 0.5) is 0 Å². The normalized spacial score (nSPS) is 12.9. The molecule has 1 aromatic carbocycles. The Labute approximate surface area is 118 Å². The number of rotatable bonds is 5. The molecule has 0 saturated heterocycles. The van der Waals surface area contributed by atoms with E-state index in [0.717, 1.165) is 17.9 Å². The number of hydrogen-bond acceptors (Lipinski definition) is 3. The van der Waals surface area contributed by atoms with Gasteiger partial charge in [-0.1, -0.05) is 37.6 Å². The maximum atomic E-state index is 10.2. The van der Waals surface area contributed by atoms with Gasteiger partial charge < -0.3 is 5.11 Å². The molecule has 0 aliphatic rings. The fraction of sp³-hybridized carbons (Fsp3) is 0.429. The zero-order chi connectivity index (χ0) is 13.8. The summed E-state index contributed by atoms with van der Waals surface area (Å²) in [6.07, 6.45) is 1.35. The van der Waals surface area contributed by atoms with E-state index < -0.39 is 6.10 Å². The molecule has 0 saturated carbocycles. The molecule has 1 N–H and O–H groups in total. The molecule has 1 unspecified atom stereocenters. The van der Waals surface area contributed by atoms with Gasteiger partial charge in [-0.25, -0.2) is 9.67 Å². The smallest absolute Gasteiger partial charge is 0.138 e. The summed E-state index contributed by atoms with van der Waals surface area (Å²) in [6, 6.07) is 7.26. The van der Waals surface area contributed by atoms with Crippen LogP contribution in [0, 0.1) is 5.92 Å². The molecule has 2 aromatic rings. The van der Waals surface area contributed by atoms with Crippen molar-refractivity contribution in [2.24, 2.45) is 5.92 Å². The maximum Gasteiger partial charge on any atom is 0.138 e. The molecule has 0 radical (unpaired) electrons. The molecule has 1 heterocycles. The quantitative estimate of drug-likeness (QED) is 0.916. The van der Waals surface area contributed by atoms with Crippen molar-refractivity contribution in [3.8, 4) is 0 Å². The van der Waals surface area contributed by atoms with Gasteiger partial charge in [0.2, 0.25) is 0 Å². The first-order valence-corrected chi connectivity index (χ1v) is 6.74. The summed E-state index contributed by atoms with van der Waals surface area (Å²) in [5, 5.41) is 15.0. The molecule has 0 fully saturated rings. The Balaban J connectivity index is 2.10. The molecule has 102 valence electrons. The van der Waals surface area contributed by atoms with Crippen molar-refractivity contribution < 1.29 is 5.11 Å². The second-order valence-corrected chi connectivity index (χ2v) is 5.46. The molecule has 1 aromatic heterocycles. The van der Waals surface area contributed by atoms with Crippen molar-refractivity contribution in [3.05, 3.63) is 47.0 Å². The SMILES string of the molecule is CC(C)Cn1ncnc1CC(O)c1cccc(Cl)c1. The Kier molecular flexibility index (Phi) is 4.56. The van der Waals surface area contributed by atoms with Gasteiger partial charge >= 0.3 is 0 Å². The minimum Gasteiger partial charge on any atom is -0.388 e. The van der Waals surface area contributed by atoms with Crippen molar-refractivity contribution in [1.29, 1.82) is 0 Å². The summed E-state index contributed by atoms with van der Waals surface area (Å²) >= 11 is 5.93. The number of benzene rings is 1. The standard InChI is InChI=1S/C14H18ClN3O/c1-10(2)8-18-14(16-9-17-18)7-13(19)11-4-3-5-12(15)6-11/h3-6,9-10,13,19H,7-8H2,1-2H3. The summed E-state index contributed by atoms with van der Waals surface area (Å²) < 4.78 is 1.85. The van der Waals surface area contributed by atoms with Gasteiger partial charge in [0.1, 0.15) is 12.2 Å². The van der Waals surface area contributed by atoms with Gasteiger partial charge in [-0.2, -0.15) is 5.10 Å². The third kappa shape index (κ3) is 3.78. The minimum absolute atomic E-state index is 0.438. The molecule has 0 bridgehead atoms. The van der Waals surface area contributed by atoms with Gasteiger partial charge in [-0.05, 0) is 23.6 Å². The molecule has 0 amide bonds. The lowest BCUT2D eigenvalue weighted by atomic mass is 10.1. The number of aliphatic hydroxyl groups is 1. The van der Waals surface area contributed by atoms with E-state index in [-0.39, 0.29) is 0 Å². The highest BCUT2D eigenvalue weighted by molar-refractivity contribution is 6.30. The van der Waals surface area contributed by atoms with Crippen LogP contribution in [0.3, 0.4) is 0 Å². The zero-order valence-corrected chi connectivity index (χ0v) is 11.9. The average Bonchev–Trinajstić information content (AvgIpc) is 2.75. The molecule has 0 aliphatic heterocycles. The van der Waals surface area contributed by atoms with E-state index in [1.54, 1.807) is 12.1 Å². The molecule has 2 rings (SSSR count). The van der Waals surface area contributed by atoms with Crippen LogP contribution in [0.2, 0.25) is 5.02 Å². The lowest BCUT2D eigenvalue weighted by molar-refractivity contribution is 0.173. The van der Waals surface area contributed by atoms with Gasteiger partial charge in [-0.3, -0.25) is 0 Å². The topological polar surface area (TPSA) is 50.9 Å². The van der Waals surface area contributed by atoms with Crippen molar-refractivity contribution in [2.75, 3.05) is 0 Å². The summed E-state index contributed by atoms with van der Waals surface area (Å²) in [7, 11) is 0. The van der Waals surface area contributed by atoms with E-state index in [1.165, 1.54) is 6.33 Å². The lowest BCUT2D eigenvalue weighted by Crippen LogP contribution is -2.13. The summed E-state index contributed by atoms with van der Waals surface area (Å²) in [5.74, 6) is 1.28. The zero-order valence-electron chi connectivity index (χ0n) is 11.1. The van der Waals surface area contributed by atoms with Gasteiger partial charge in [0, 0.05) is 18.0 Å². The van der Waals surface area contributed by atoms with Crippen LogP contribution >= 0.6 is 11.6 Å². The van der Waals surface area contributed by atoms with Gasteiger partial charge in [0.25, 0.3) is 0 Å². The van der Waals surface area contributed by atoms with E-state index in [2.05, 4.69) is 23.9 Å². The molecule has 4 nitrogen and oxygen atoms in total. The largest absolute Gasteiger partial charge is 0.388 e. The highest BCUT2D eigenvalue weighted by Crippen LogP contribution is 2.20. The molecule has 19 heavy (non-hydrogen) atoms. The monoisotopic (exact) mass is 279 g/mol. The predicted octanol–water partition coefficient (Wildman–Crippen LogP) is 2.86. The minimum atomic E-state index is -0.617. The van der Waals surface area contributed by atoms with Gasteiger partial charge in [0.15, 0.2) is 0 Å².